The summed E-state index contributed by atoms with van der Waals surface area (Å²) in [5.41, 5.74) is 0.924. The molecule has 0 aromatic heterocycles. The number of ether oxygens (including phenoxy) is 1. The molecule has 1 N–H and O–H groups in total. The van der Waals surface area contributed by atoms with Crippen LogP contribution in [0, 0.1) is 5.41 Å². The maximum absolute atomic E-state index is 13.6. The lowest BCUT2D eigenvalue weighted by molar-refractivity contribution is -0.148. The van der Waals surface area contributed by atoms with Gasteiger partial charge < -0.3 is 19.9 Å². The number of hydrogen-bond donors (Lipinski definition) is 1. The first-order chi connectivity index (χ1) is 15.1. The first kappa shape index (κ1) is 22.1. The van der Waals surface area contributed by atoms with Crippen molar-refractivity contribution in [3.05, 3.63) is 29.8 Å². The van der Waals surface area contributed by atoms with Crippen molar-refractivity contribution >= 4 is 11.8 Å². The van der Waals surface area contributed by atoms with E-state index in [1.807, 2.05) is 29.0 Å². The zero-order valence-corrected chi connectivity index (χ0v) is 18.9. The highest BCUT2D eigenvalue weighted by Gasteiger charge is 2.44. The molecule has 2 amide bonds. The van der Waals surface area contributed by atoms with Gasteiger partial charge in [-0.25, -0.2) is 0 Å². The average Bonchev–Trinajstić information content (AvgIpc) is 3.34. The summed E-state index contributed by atoms with van der Waals surface area (Å²) in [5.74, 6) is 1.41. The maximum Gasteiger partial charge on any atom is 0.239 e. The van der Waals surface area contributed by atoms with Crippen LogP contribution in [0.1, 0.15) is 56.9 Å². The summed E-state index contributed by atoms with van der Waals surface area (Å²) in [4.78, 5) is 30.2. The summed E-state index contributed by atoms with van der Waals surface area (Å²) in [5, 5.41) is 3.32. The van der Waals surface area contributed by atoms with E-state index in [1.54, 1.807) is 0 Å². The molecule has 1 spiro atoms. The Morgan fingerprint density at radius 1 is 1.06 bits per heavy atom. The van der Waals surface area contributed by atoms with Crippen molar-refractivity contribution in [1.29, 1.82) is 0 Å². The van der Waals surface area contributed by atoms with Gasteiger partial charge in [-0.15, -0.1) is 0 Å². The molecule has 0 bridgehead atoms. The Labute approximate surface area is 186 Å². The zero-order valence-electron chi connectivity index (χ0n) is 18.9. The summed E-state index contributed by atoms with van der Waals surface area (Å²) in [6, 6.07) is 8.24. The monoisotopic (exact) mass is 427 g/mol. The molecule has 6 heteroatoms. The number of carbonyl (C=O) groups is 2. The van der Waals surface area contributed by atoms with Crippen molar-refractivity contribution in [3.8, 4) is 5.75 Å². The molecule has 2 fully saturated rings. The number of hydrogen-bond acceptors (Lipinski definition) is 4. The largest absolute Gasteiger partial charge is 0.491 e. The minimum Gasteiger partial charge on any atom is -0.491 e. The van der Waals surface area contributed by atoms with Crippen molar-refractivity contribution in [2.45, 2.75) is 63.8 Å². The van der Waals surface area contributed by atoms with E-state index in [1.165, 1.54) is 5.56 Å². The Balaban J connectivity index is 1.42. The fourth-order valence-corrected chi connectivity index (χ4v) is 5.45. The number of piperidine rings is 1. The quantitative estimate of drug-likeness (QED) is 0.749. The molecule has 2 saturated heterocycles. The van der Waals surface area contributed by atoms with Crippen LogP contribution < -0.4 is 10.1 Å². The molecular formula is C25H37N3O3. The van der Waals surface area contributed by atoms with Gasteiger partial charge in [0.25, 0.3) is 0 Å². The van der Waals surface area contributed by atoms with Gasteiger partial charge in [0.15, 0.2) is 0 Å². The molecule has 170 valence electrons. The van der Waals surface area contributed by atoms with E-state index < -0.39 is 0 Å². The molecule has 1 aromatic rings. The smallest absolute Gasteiger partial charge is 0.239 e. The number of aryl methyl sites for hydroxylation is 1. The third kappa shape index (κ3) is 5.05. The molecule has 0 unspecified atom stereocenters. The van der Waals surface area contributed by atoms with Gasteiger partial charge in [-0.3, -0.25) is 9.59 Å². The van der Waals surface area contributed by atoms with Crippen LogP contribution in [0.3, 0.4) is 0 Å². The fourth-order valence-electron chi connectivity index (χ4n) is 5.45. The molecule has 1 aromatic carbocycles. The Hall–Kier alpha value is -2.08. The normalized spacial score (nSPS) is 25.2. The van der Waals surface area contributed by atoms with E-state index in [-0.39, 0.29) is 23.3 Å². The molecule has 0 radical (unpaired) electrons. The van der Waals surface area contributed by atoms with E-state index in [0.717, 1.165) is 70.1 Å². The Morgan fingerprint density at radius 3 is 2.65 bits per heavy atom. The number of nitrogens with zero attached hydrogens (tertiary/aromatic N) is 2. The van der Waals surface area contributed by atoms with Gasteiger partial charge in [-0.05, 0) is 63.1 Å². The summed E-state index contributed by atoms with van der Waals surface area (Å²) < 4.78 is 6.05. The number of likely N-dealkylation sites (tertiary alicyclic amines) is 1. The fraction of sp³-hybridized carbons (Fsp3) is 0.680. The first-order valence-electron chi connectivity index (χ1n) is 12.1. The highest BCUT2D eigenvalue weighted by molar-refractivity contribution is 5.85. The highest BCUT2D eigenvalue weighted by Crippen LogP contribution is 2.39. The van der Waals surface area contributed by atoms with E-state index in [2.05, 4.69) is 17.4 Å². The first-order valence-corrected chi connectivity index (χ1v) is 12.1. The molecule has 0 aliphatic carbocycles. The van der Waals surface area contributed by atoms with E-state index in [4.69, 9.17) is 4.74 Å². The van der Waals surface area contributed by atoms with Crippen LogP contribution in [-0.4, -0.2) is 67.5 Å². The number of nitrogens with one attached hydrogen (secondary N) is 1. The summed E-state index contributed by atoms with van der Waals surface area (Å²) in [6.07, 6.45) is 8.77. The second-order valence-corrected chi connectivity index (χ2v) is 9.50. The van der Waals surface area contributed by atoms with Crippen LogP contribution in [0.2, 0.25) is 0 Å². The van der Waals surface area contributed by atoms with Crippen molar-refractivity contribution in [1.82, 2.24) is 15.1 Å². The summed E-state index contributed by atoms with van der Waals surface area (Å²) >= 11 is 0. The van der Waals surface area contributed by atoms with Gasteiger partial charge in [-0.1, -0.05) is 31.0 Å². The second-order valence-electron chi connectivity index (χ2n) is 9.50. The zero-order chi connectivity index (χ0) is 21.7. The Kier molecular flexibility index (Phi) is 7.16. The predicted octanol–water partition coefficient (Wildman–Crippen LogP) is 3.00. The highest BCUT2D eigenvalue weighted by atomic mass is 16.5. The molecule has 31 heavy (non-hydrogen) atoms. The second kappa shape index (κ2) is 10.0. The lowest BCUT2D eigenvalue weighted by Crippen LogP contribution is -2.53. The van der Waals surface area contributed by atoms with Gasteiger partial charge >= 0.3 is 0 Å². The van der Waals surface area contributed by atoms with Crippen LogP contribution >= 0.6 is 0 Å². The standard InChI is InChI=1S/C25H37N3O3/c1-27-18-19-31-22-11-5-4-9-20(22)8-3-2-6-12-25(24(27)30)13-16-28(17-14-25)23(29)21-10-7-15-26-21/h4-5,9,11,21,26H,2-3,6-8,10,12-19H2,1H3/t21-/m0/s1. The van der Waals surface area contributed by atoms with E-state index in [9.17, 15) is 9.59 Å². The number of amides is 2. The Morgan fingerprint density at radius 2 is 1.87 bits per heavy atom. The summed E-state index contributed by atoms with van der Waals surface area (Å²) in [6.45, 7) is 3.41. The maximum atomic E-state index is 13.6. The number of para-hydroxylation sites is 1. The lowest BCUT2D eigenvalue weighted by atomic mass is 9.73. The third-order valence-electron chi connectivity index (χ3n) is 7.45. The molecular weight excluding hydrogens is 390 g/mol. The minimum atomic E-state index is -0.338. The molecule has 4 rings (SSSR count). The number of fused-ring (bicyclic) bond motifs is 1. The number of rotatable bonds is 1. The number of benzene rings is 1. The SMILES string of the molecule is CN1CCOc2ccccc2CCCCCC2(CCN(C(=O)[C@@H]3CCCN3)CC2)C1=O. The third-order valence-corrected chi connectivity index (χ3v) is 7.45. The molecule has 1 atom stereocenters. The van der Waals surface area contributed by atoms with Gasteiger partial charge in [0.1, 0.15) is 12.4 Å². The average molecular weight is 428 g/mol. The summed E-state index contributed by atoms with van der Waals surface area (Å²) in [7, 11) is 1.90. The van der Waals surface area contributed by atoms with E-state index in [0.29, 0.717) is 26.2 Å². The van der Waals surface area contributed by atoms with Gasteiger partial charge in [0.05, 0.1) is 18.0 Å². The van der Waals surface area contributed by atoms with Crippen molar-refractivity contribution in [3.63, 3.8) is 0 Å². The number of likely N-dealkylation sites (N-methyl/N-ethyl adjacent to an activating group) is 1. The van der Waals surface area contributed by atoms with Crippen LogP contribution in [0.4, 0.5) is 0 Å². The van der Waals surface area contributed by atoms with E-state index >= 15 is 0 Å². The topological polar surface area (TPSA) is 61.9 Å². The van der Waals surface area contributed by atoms with Gasteiger partial charge in [0.2, 0.25) is 11.8 Å². The molecule has 3 aliphatic rings. The van der Waals surface area contributed by atoms with Gasteiger partial charge in [0, 0.05) is 20.1 Å². The van der Waals surface area contributed by atoms with Crippen LogP contribution in [-0.2, 0) is 16.0 Å². The predicted molar refractivity (Wildman–Crippen MR) is 121 cm³/mol. The lowest BCUT2D eigenvalue weighted by Gasteiger charge is -2.43. The van der Waals surface area contributed by atoms with Crippen molar-refractivity contribution in [2.75, 3.05) is 39.8 Å². The molecule has 3 aliphatic heterocycles. The van der Waals surface area contributed by atoms with Gasteiger partial charge in [-0.2, -0.15) is 0 Å². The Bertz CT molecular complexity index is 767. The molecule has 3 heterocycles. The van der Waals surface area contributed by atoms with Crippen molar-refractivity contribution in [2.24, 2.45) is 5.41 Å². The van der Waals surface area contributed by atoms with Crippen LogP contribution in [0.5, 0.6) is 5.75 Å². The van der Waals surface area contributed by atoms with Crippen LogP contribution in [0.15, 0.2) is 24.3 Å². The molecule has 6 nitrogen and oxygen atoms in total. The number of carbonyl (C=O) groups excluding carboxylic acids is 2. The van der Waals surface area contributed by atoms with Crippen LogP contribution in [0.25, 0.3) is 0 Å². The van der Waals surface area contributed by atoms with Crippen molar-refractivity contribution < 1.29 is 14.3 Å². The molecule has 0 saturated carbocycles. The minimum absolute atomic E-state index is 0.0220.